The summed E-state index contributed by atoms with van der Waals surface area (Å²) >= 11 is 0. The van der Waals surface area contributed by atoms with Gasteiger partial charge in [0.1, 0.15) is 11.4 Å². The summed E-state index contributed by atoms with van der Waals surface area (Å²) in [7, 11) is -2.10. The molecule has 0 saturated carbocycles. The molecule has 3 heterocycles. The minimum atomic E-state index is -3.69. The largest absolute Gasteiger partial charge is 0.497 e. The van der Waals surface area contributed by atoms with Crippen LogP contribution in [0.25, 0.3) is 16.9 Å². The average molecular weight is 521 g/mol. The summed E-state index contributed by atoms with van der Waals surface area (Å²) in [6.45, 7) is 6.50. The van der Waals surface area contributed by atoms with E-state index >= 15 is 0 Å². The van der Waals surface area contributed by atoms with Gasteiger partial charge in [-0.15, -0.1) is 0 Å². The number of aryl methyl sites for hydroxylation is 2. The highest BCUT2D eigenvalue weighted by Crippen LogP contribution is 2.30. The summed E-state index contributed by atoms with van der Waals surface area (Å²) in [6, 6.07) is 16.6. The fourth-order valence-corrected chi connectivity index (χ4v) is 5.75. The van der Waals surface area contributed by atoms with E-state index in [0.717, 1.165) is 58.1 Å². The maximum atomic E-state index is 13.1. The zero-order valence-electron chi connectivity index (χ0n) is 21.3. The molecule has 0 amide bonds. The van der Waals surface area contributed by atoms with Crippen LogP contribution >= 0.6 is 0 Å². The normalized spacial score (nSPS) is 16.2. The van der Waals surface area contributed by atoms with Gasteiger partial charge in [0, 0.05) is 37.8 Å². The van der Waals surface area contributed by atoms with E-state index < -0.39 is 10.0 Å². The summed E-state index contributed by atoms with van der Waals surface area (Å²) in [4.78, 5) is 5.19. The Morgan fingerprint density at radius 1 is 1.14 bits per heavy atom. The maximum absolute atomic E-state index is 13.1. The summed E-state index contributed by atoms with van der Waals surface area (Å²) in [6.07, 6.45) is 2.80. The Hall–Kier alpha value is -3.24. The molecule has 1 fully saturated rings. The quantitative estimate of drug-likeness (QED) is 0.369. The van der Waals surface area contributed by atoms with E-state index in [0.29, 0.717) is 13.0 Å². The average Bonchev–Trinajstić information content (AvgIpc) is 3.25. The van der Waals surface area contributed by atoms with Gasteiger partial charge in [-0.2, -0.15) is 0 Å². The first kappa shape index (κ1) is 25.4. The van der Waals surface area contributed by atoms with Crippen molar-refractivity contribution in [2.75, 3.05) is 26.8 Å². The number of nitrogens with one attached hydrogen (secondary N) is 2. The highest BCUT2D eigenvalue weighted by atomic mass is 32.2. The number of aromatic nitrogens is 2. The van der Waals surface area contributed by atoms with Crippen LogP contribution in [0.5, 0.6) is 5.75 Å². The lowest BCUT2D eigenvalue weighted by atomic mass is 10.0. The van der Waals surface area contributed by atoms with Crippen LogP contribution in [0.1, 0.15) is 22.4 Å². The third-order valence-electron chi connectivity index (χ3n) is 6.69. The molecule has 1 unspecified atom stereocenters. The van der Waals surface area contributed by atoms with E-state index in [1.807, 2.05) is 50.4 Å². The molecule has 4 aromatic rings. The van der Waals surface area contributed by atoms with Crippen molar-refractivity contribution < 1.29 is 17.9 Å². The summed E-state index contributed by atoms with van der Waals surface area (Å²) in [5.41, 5.74) is 6.51. The van der Waals surface area contributed by atoms with Crippen molar-refractivity contribution in [2.24, 2.45) is 0 Å². The number of rotatable bonds is 8. The monoisotopic (exact) mass is 520 g/mol. The van der Waals surface area contributed by atoms with Crippen LogP contribution in [0.2, 0.25) is 0 Å². The van der Waals surface area contributed by atoms with Crippen molar-refractivity contribution in [1.82, 2.24) is 19.4 Å². The van der Waals surface area contributed by atoms with Gasteiger partial charge >= 0.3 is 0 Å². The smallest absolute Gasteiger partial charge is 0.240 e. The number of hydrogen-bond acceptors (Lipinski definition) is 6. The van der Waals surface area contributed by atoms with Crippen molar-refractivity contribution in [3.05, 3.63) is 83.2 Å². The molecule has 0 radical (unpaired) electrons. The minimum absolute atomic E-state index is 0.0517. The molecule has 0 bridgehead atoms. The third-order valence-corrected chi connectivity index (χ3v) is 8.09. The van der Waals surface area contributed by atoms with Gasteiger partial charge in [0.25, 0.3) is 0 Å². The van der Waals surface area contributed by atoms with Gasteiger partial charge in [-0.1, -0.05) is 18.2 Å². The summed E-state index contributed by atoms with van der Waals surface area (Å²) in [5.74, 6) is 0.727. The molecule has 2 aromatic heterocycles. The van der Waals surface area contributed by atoms with Crippen molar-refractivity contribution >= 4 is 15.7 Å². The predicted octanol–water partition coefficient (Wildman–Crippen LogP) is 3.64. The zero-order valence-corrected chi connectivity index (χ0v) is 22.1. The molecular formula is C28H32N4O4S. The molecule has 8 nitrogen and oxygen atoms in total. The number of sulfonamides is 1. The Morgan fingerprint density at radius 2 is 1.95 bits per heavy atom. The van der Waals surface area contributed by atoms with E-state index in [1.165, 1.54) is 0 Å². The lowest BCUT2D eigenvalue weighted by Crippen LogP contribution is -2.39. The van der Waals surface area contributed by atoms with Crippen LogP contribution in [-0.4, -0.2) is 50.7 Å². The number of pyridine rings is 1. The number of morpholine rings is 1. The second-order valence-corrected chi connectivity index (χ2v) is 11.2. The van der Waals surface area contributed by atoms with Crippen LogP contribution in [-0.2, 0) is 27.7 Å². The Kier molecular flexibility index (Phi) is 7.30. The number of fused-ring (bicyclic) bond motifs is 1. The topological polar surface area (TPSA) is 94.0 Å². The number of imidazole rings is 1. The van der Waals surface area contributed by atoms with Gasteiger partial charge in [0.05, 0.1) is 36.1 Å². The zero-order chi connectivity index (χ0) is 26.0. The van der Waals surface area contributed by atoms with Crippen molar-refractivity contribution in [3.63, 3.8) is 0 Å². The lowest BCUT2D eigenvalue weighted by molar-refractivity contribution is 0.0286. The molecule has 1 atom stereocenters. The molecule has 0 spiro atoms. The van der Waals surface area contributed by atoms with Gasteiger partial charge in [0.15, 0.2) is 0 Å². The Morgan fingerprint density at radius 3 is 2.65 bits per heavy atom. The summed E-state index contributed by atoms with van der Waals surface area (Å²) < 4.78 is 42.1. The molecular weight excluding hydrogens is 488 g/mol. The van der Waals surface area contributed by atoms with Crippen LogP contribution in [0.3, 0.4) is 0 Å². The van der Waals surface area contributed by atoms with Crippen molar-refractivity contribution in [2.45, 2.75) is 37.8 Å². The van der Waals surface area contributed by atoms with E-state index in [2.05, 4.69) is 26.6 Å². The second-order valence-electron chi connectivity index (χ2n) is 9.39. The molecule has 1 aliphatic heterocycles. The Balaban J connectivity index is 1.44. The number of ether oxygens (including phenoxy) is 2. The van der Waals surface area contributed by atoms with Gasteiger partial charge in [-0.3, -0.25) is 0 Å². The Bertz CT molecular complexity index is 1510. The molecule has 194 valence electrons. The van der Waals surface area contributed by atoms with Crippen LogP contribution in [0.15, 0.2) is 65.7 Å². The van der Waals surface area contributed by atoms with Gasteiger partial charge in [-0.25, -0.2) is 18.1 Å². The van der Waals surface area contributed by atoms with Crippen molar-refractivity contribution in [3.8, 4) is 17.0 Å². The fraction of sp³-hybridized carbons (Fsp3) is 0.321. The van der Waals surface area contributed by atoms with Crippen LogP contribution in [0, 0.1) is 13.8 Å². The van der Waals surface area contributed by atoms with E-state index in [4.69, 9.17) is 14.5 Å². The predicted molar refractivity (Wildman–Crippen MR) is 143 cm³/mol. The van der Waals surface area contributed by atoms with Gasteiger partial charge in [0.2, 0.25) is 10.0 Å². The number of methoxy groups -OCH3 is 1. The molecule has 1 saturated heterocycles. The standard InChI is InChI=1S/C28H32N4O4S/c1-19-10-12-32-26(16-23-18-29-11-13-36-23)28(31-27(32)14-19)25-9-8-24(15-20(25)2)37(33,34)30-17-21-4-6-22(35-3)7-5-21/h4-10,12,14-15,23,29-30H,11,13,16-18H2,1-3H3. The third kappa shape index (κ3) is 5.55. The molecule has 2 N–H and O–H groups in total. The first-order valence-electron chi connectivity index (χ1n) is 12.4. The summed E-state index contributed by atoms with van der Waals surface area (Å²) in [5, 5.41) is 3.39. The molecule has 2 aromatic carbocycles. The van der Waals surface area contributed by atoms with Crippen LogP contribution in [0.4, 0.5) is 0 Å². The minimum Gasteiger partial charge on any atom is -0.497 e. The molecule has 9 heteroatoms. The van der Waals surface area contributed by atoms with Crippen LogP contribution < -0.4 is 14.8 Å². The Labute approximate surface area is 217 Å². The van der Waals surface area contributed by atoms with Crippen molar-refractivity contribution in [1.29, 1.82) is 0 Å². The van der Waals surface area contributed by atoms with E-state index in [9.17, 15) is 8.42 Å². The molecule has 5 rings (SSSR count). The van der Waals surface area contributed by atoms with Gasteiger partial charge < -0.3 is 19.2 Å². The second kappa shape index (κ2) is 10.6. The number of hydrogen-bond donors (Lipinski definition) is 2. The first-order chi connectivity index (χ1) is 17.8. The highest BCUT2D eigenvalue weighted by molar-refractivity contribution is 7.89. The van der Waals surface area contributed by atoms with E-state index in [1.54, 1.807) is 19.2 Å². The first-order valence-corrected chi connectivity index (χ1v) is 13.9. The number of benzene rings is 2. The maximum Gasteiger partial charge on any atom is 0.240 e. The highest BCUT2D eigenvalue weighted by Gasteiger charge is 2.23. The van der Waals surface area contributed by atoms with E-state index in [-0.39, 0.29) is 17.5 Å². The molecule has 0 aliphatic carbocycles. The fourth-order valence-electron chi connectivity index (χ4n) is 4.65. The number of nitrogens with zero attached hydrogens (tertiary/aromatic N) is 2. The molecule has 1 aliphatic rings. The SMILES string of the molecule is COc1ccc(CNS(=O)(=O)c2ccc(-c3nc4cc(C)ccn4c3CC3CNCCO3)c(C)c2)cc1. The van der Waals surface area contributed by atoms with Gasteiger partial charge in [-0.05, 0) is 66.9 Å². The lowest BCUT2D eigenvalue weighted by Gasteiger charge is -2.24. The molecule has 37 heavy (non-hydrogen) atoms.